The molecular weight excluding hydrogens is 590 g/mol. The Balaban J connectivity index is 0.939. The van der Waals surface area contributed by atoms with Crippen LogP contribution in [0.4, 0.5) is 16.3 Å². The molecule has 0 atom stereocenters. The van der Waals surface area contributed by atoms with Crippen molar-refractivity contribution < 1.29 is 17.9 Å². The maximum absolute atomic E-state index is 13.1. The highest BCUT2D eigenvalue weighted by molar-refractivity contribution is 7.92. The van der Waals surface area contributed by atoms with Crippen LogP contribution in [-0.2, 0) is 14.6 Å². The number of pyridine rings is 1. The molecule has 11 nitrogen and oxygen atoms in total. The highest BCUT2D eigenvalue weighted by Crippen LogP contribution is 2.30. The average Bonchev–Trinajstić information content (AvgIpc) is 2.90. The van der Waals surface area contributed by atoms with Gasteiger partial charge in [-0.25, -0.2) is 28.2 Å². The van der Waals surface area contributed by atoms with Gasteiger partial charge in [0.05, 0.1) is 10.4 Å². The highest BCUT2D eigenvalue weighted by atomic mass is 35.5. The molecular formula is C30H38ClN7O4S. The van der Waals surface area contributed by atoms with E-state index in [-0.39, 0.29) is 13.1 Å². The summed E-state index contributed by atoms with van der Waals surface area (Å²) in [4.78, 5) is 31.8. The molecule has 3 fully saturated rings. The molecule has 0 saturated carbocycles. The number of ether oxygens (including phenoxy) is 1. The van der Waals surface area contributed by atoms with Gasteiger partial charge in [-0.05, 0) is 70.0 Å². The Morgan fingerprint density at radius 1 is 1.02 bits per heavy atom. The van der Waals surface area contributed by atoms with E-state index in [1.165, 1.54) is 4.90 Å². The summed E-state index contributed by atoms with van der Waals surface area (Å²) in [6.45, 7) is 10.7. The third-order valence-electron chi connectivity index (χ3n) is 8.32. The number of rotatable bonds is 7. The van der Waals surface area contributed by atoms with Crippen molar-refractivity contribution in [2.45, 2.75) is 55.4 Å². The number of fused-ring (bicyclic) bond motifs is 1. The number of aromatic nitrogens is 3. The molecule has 0 aliphatic carbocycles. The lowest BCUT2D eigenvalue weighted by Gasteiger charge is -2.44. The van der Waals surface area contributed by atoms with Gasteiger partial charge < -0.3 is 24.8 Å². The summed E-state index contributed by atoms with van der Waals surface area (Å²) in [7, 11) is -3.51. The maximum Gasteiger partial charge on any atom is 0.410 e. The first-order chi connectivity index (χ1) is 20.4. The minimum absolute atomic E-state index is 0.156. The fourth-order valence-electron chi connectivity index (χ4n) is 5.89. The van der Waals surface area contributed by atoms with Gasteiger partial charge >= 0.3 is 6.09 Å². The zero-order valence-corrected chi connectivity index (χ0v) is 26.3. The molecule has 0 unspecified atom stereocenters. The lowest BCUT2D eigenvalue weighted by molar-refractivity contribution is 0.0139. The topological polar surface area (TPSA) is 121 Å². The molecule has 6 rings (SSSR count). The standard InChI is InChI=1S/C30H38ClN7O4S/c1-30(2,3)42-29(39)38-17-24(18-38)43(40,41)23-6-4-22(5-7-23)37-15-20(16-37)14-36-12-10-21(11-13-36)34-28-27-25(32-19-33-28)8-9-26(31)35-27/h4-9,19-21,24H,10-18H2,1-3H3,(H,32,33,34). The fourth-order valence-corrected chi connectivity index (χ4v) is 7.69. The molecule has 3 aromatic rings. The number of piperidine rings is 1. The van der Waals surface area contributed by atoms with E-state index < -0.39 is 26.8 Å². The van der Waals surface area contributed by atoms with Gasteiger partial charge in [0, 0.05) is 63.5 Å². The maximum atomic E-state index is 13.1. The number of hydrogen-bond donors (Lipinski definition) is 1. The van der Waals surface area contributed by atoms with Crippen molar-refractivity contribution in [3.63, 3.8) is 0 Å². The fraction of sp³-hybridized carbons (Fsp3) is 0.533. The van der Waals surface area contributed by atoms with E-state index in [1.54, 1.807) is 45.3 Å². The summed E-state index contributed by atoms with van der Waals surface area (Å²) < 4.78 is 31.5. The smallest absolute Gasteiger partial charge is 0.410 e. The van der Waals surface area contributed by atoms with Crippen molar-refractivity contribution in [1.29, 1.82) is 0 Å². The third-order valence-corrected chi connectivity index (χ3v) is 10.6. The first kappa shape index (κ1) is 29.8. The number of benzene rings is 1. The van der Waals surface area contributed by atoms with Crippen LogP contribution in [0.15, 0.2) is 47.6 Å². The average molecular weight is 628 g/mol. The van der Waals surface area contributed by atoms with Gasteiger partial charge in [0.2, 0.25) is 0 Å². The van der Waals surface area contributed by atoms with Crippen LogP contribution < -0.4 is 10.2 Å². The SMILES string of the molecule is CC(C)(C)OC(=O)N1CC(S(=O)(=O)c2ccc(N3CC(CN4CCC(Nc5ncnc6ccc(Cl)nc56)CC4)C3)cc2)C1. The van der Waals surface area contributed by atoms with Crippen LogP contribution in [0, 0.1) is 5.92 Å². The van der Waals surface area contributed by atoms with Crippen LogP contribution in [0.5, 0.6) is 0 Å². The Kier molecular flexibility index (Phi) is 8.12. The largest absolute Gasteiger partial charge is 0.444 e. The van der Waals surface area contributed by atoms with Crippen LogP contribution in [0.25, 0.3) is 11.0 Å². The van der Waals surface area contributed by atoms with Crippen LogP contribution in [0.2, 0.25) is 5.15 Å². The van der Waals surface area contributed by atoms with Gasteiger partial charge in [-0.2, -0.15) is 0 Å². The number of carbonyl (C=O) groups excluding carboxylic acids is 1. The molecule has 43 heavy (non-hydrogen) atoms. The quantitative estimate of drug-likeness (QED) is 0.384. The molecule has 3 aliphatic heterocycles. The van der Waals surface area contributed by atoms with Crippen molar-refractivity contribution in [2.24, 2.45) is 5.92 Å². The van der Waals surface area contributed by atoms with Crippen LogP contribution >= 0.6 is 11.6 Å². The van der Waals surface area contributed by atoms with E-state index in [2.05, 4.69) is 30.1 Å². The zero-order chi connectivity index (χ0) is 30.4. The van der Waals surface area contributed by atoms with Crippen molar-refractivity contribution >= 4 is 50.1 Å². The first-order valence-electron chi connectivity index (χ1n) is 14.8. The second kappa shape index (κ2) is 11.7. The summed E-state index contributed by atoms with van der Waals surface area (Å²) in [6.07, 6.45) is 3.13. The van der Waals surface area contributed by atoms with Gasteiger partial charge in [-0.15, -0.1) is 0 Å². The first-order valence-corrected chi connectivity index (χ1v) is 16.7. The number of amides is 1. The molecule has 2 aromatic heterocycles. The number of carbonyl (C=O) groups is 1. The van der Waals surface area contributed by atoms with Crippen molar-refractivity contribution in [2.75, 3.05) is 56.0 Å². The van der Waals surface area contributed by atoms with E-state index in [1.807, 2.05) is 18.2 Å². The highest BCUT2D eigenvalue weighted by Gasteiger charge is 2.42. The summed E-state index contributed by atoms with van der Waals surface area (Å²) in [5.41, 5.74) is 1.90. The van der Waals surface area contributed by atoms with Gasteiger partial charge in [0.15, 0.2) is 15.7 Å². The summed E-state index contributed by atoms with van der Waals surface area (Å²) >= 11 is 6.10. The third kappa shape index (κ3) is 6.66. The minimum Gasteiger partial charge on any atom is -0.444 e. The van der Waals surface area contributed by atoms with E-state index in [0.29, 0.717) is 27.5 Å². The van der Waals surface area contributed by atoms with E-state index >= 15 is 0 Å². The van der Waals surface area contributed by atoms with Crippen LogP contribution in [-0.4, -0.2) is 102 Å². The predicted octanol–water partition coefficient (Wildman–Crippen LogP) is 4.08. The monoisotopic (exact) mass is 627 g/mol. The molecule has 13 heteroatoms. The zero-order valence-electron chi connectivity index (χ0n) is 24.7. The van der Waals surface area contributed by atoms with Crippen molar-refractivity contribution in [3.05, 3.63) is 47.9 Å². The molecule has 3 saturated heterocycles. The van der Waals surface area contributed by atoms with E-state index in [0.717, 1.165) is 62.6 Å². The summed E-state index contributed by atoms with van der Waals surface area (Å²) in [5, 5.41) is 3.38. The van der Waals surface area contributed by atoms with Gasteiger partial charge in [0.1, 0.15) is 27.8 Å². The van der Waals surface area contributed by atoms with E-state index in [9.17, 15) is 13.2 Å². The number of sulfone groups is 1. The molecule has 1 N–H and O–H groups in total. The molecule has 0 bridgehead atoms. The molecule has 3 aliphatic rings. The summed E-state index contributed by atoms with van der Waals surface area (Å²) in [6, 6.07) is 11.1. The number of nitrogens with one attached hydrogen (secondary N) is 1. The molecule has 1 amide bonds. The molecule has 230 valence electrons. The second-order valence-electron chi connectivity index (χ2n) is 12.8. The Morgan fingerprint density at radius 2 is 1.72 bits per heavy atom. The van der Waals surface area contributed by atoms with Gasteiger partial charge in [0.25, 0.3) is 0 Å². The molecule has 0 radical (unpaired) electrons. The number of halogens is 1. The number of hydrogen-bond acceptors (Lipinski definition) is 10. The van der Waals surface area contributed by atoms with Crippen LogP contribution in [0.1, 0.15) is 33.6 Å². The molecule has 5 heterocycles. The number of nitrogens with zero attached hydrogens (tertiary/aromatic N) is 6. The van der Waals surface area contributed by atoms with Gasteiger partial charge in [-0.3, -0.25) is 0 Å². The predicted molar refractivity (Wildman–Crippen MR) is 166 cm³/mol. The van der Waals surface area contributed by atoms with Crippen LogP contribution in [0.3, 0.4) is 0 Å². The number of anilines is 2. The summed E-state index contributed by atoms with van der Waals surface area (Å²) in [5.74, 6) is 1.31. The Hall–Kier alpha value is -3.22. The molecule has 0 spiro atoms. The van der Waals surface area contributed by atoms with Gasteiger partial charge in [-0.1, -0.05) is 11.6 Å². The normalized spacial score (nSPS) is 19.3. The lowest BCUT2D eigenvalue weighted by Crippen LogP contribution is -2.57. The Bertz CT molecular complexity index is 1580. The lowest BCUT2D eigenvalue weighted by atomic mass is 9.96. The van der Waals surface area contributed by atoms with E-state index in [4.69, 9.17) is 16.3 Å². The Labute approximate surface area is 257 Å². The minimum atomic E-state index is -3.51. The number of likely N-dealkylation sites (tertiary alicyclic amines) is 2. The van der Waals surface area contributed by atoms with Crippen molar-refractivity contribution in [1.82, 2.24) is 24.8 Å². The second-order valence-corrected chi connectivity index (χ2v) is 15.4. The molecule has 1 aromatic carbocycles. The van der Waals surface area contributed by atoms with Crippen molar-refractivity contribution in [3.8, 4) is 0 Å². The Morgan fingerprint density at radius 3 is 2.40 bits per heavy atom.